The third-order valence-corrected chi connectivity index (χ3v) is 9.66. The maximum absolute atomic E-state index is 13.1. The molecule has 5 rings (SSSR count). The number of esters is 1. The average Bonchev–Trinajstić information content (AvgIpc) is 3.62. The number of fused-ring (bicyclic) bond motifs is 1. The number of anilines is 1. The van der Waals surface area contributed by atoms with Crippen molar-refractivity contribution in [1.29, 1.82) is 0 Å². The number of carbonyl (C=O) groups is 2. The van der Waals surface area contributed by atoms with Gasteiger partial charge in [-0.3, -0.25) is 9.36 Å². The summed E-state index contributed by atoms with van der Waals surface area (Å²) in [5, 5.41) is 15.4. The molecule has 3 aromatic heterocycles. The predicted molar refractivity (Wildman–Crippen MR) is 156 cm³/mol. The Morgan fingerprint density at radius 3 is 2.66 bits per heavy atom. The number of amides is 1. The molecule has 0 radical (unpaired) electrons. The molecule has 0 saturated carbocycles. The monoisotopic (exact) mass is 566 g/mol. The van der Waals surface area contributed by atoms with E-state index in [9.17, 15) is 9.59 Å². The Bertz CT molecular complexity index is 1470. The van der Waals surface area contributed by atoms with Crippen molar-refractivity contribution in [2.75, 3.05) is 18.2 Å². The van der Waals surface area contributed by atoms with Crippen LogP contribution in [0.3, 0.4) is 0 Å². The summed E-state index contributed by atoms with van der Waals surface area (Å²) >= 11 is 4.55. The number of thiophene rings is 2. The highest BCUT2D eigenvalue weighted by molar-refractivity contribution is 7.99. The highest BCUT2D eigenvalue weighted by atomic mass is 32.2. The molecule has 10 heteroatoms. The van der Waals surface area contributed by atoms with Crippen molar-refractivity contribution < 1.29 is 14.3 Å². The standard InChI is InChI=1S/C28H30N4O3S3/c1-16(2)32-25(20-14-36-21-13-9-8-12-19(20)21)30-31-28(32)37-15-22(33)29-26-24(27(34)35-4)23(17(3)38-26)18-10-6-5-7-11-18/h5-7,10-11,14,16H,8-9,12-13,15H2,1-4H3,(H,29,33). The molecule has 1 aliphatic carbocycles. The number of nitrogens with one attached hydrogen (secondary N) is 1. The van der Waals surface area contributed by atoms with Gasteiger partial charge in [-0.05, 0) is 57.6 Å². The van der Waals surface area contributed by atoms with Crippen LogP contribution in [0, 0.1) is 6.92 Å². The topological polar surface area (TPSA) is 86.1 Å². The van der Waals surface area contributed by atoms with Crippen molar-refractivity contribution in [3.05, 3.63) is 56.6 Å². The first kappa shape index (κ1) is 26.6. The smallest absolute Gasteiger partial charge is 0.341 e. The Labute approximate surface area is 234 Å². The summed E-state index contributed by atoms with van der Waals surface area (Å²) in [5.74, 6) is 0.329. The number of hydrogen-bond donors (Lipinski definition) is 1. The minimum absolute atomic E-state index is 0.143. The number of benzene rings is 1. The predicted octanol–water partition coefficient (Wildman–Crippen LogP) is 7.02. The van der Waals surface area contributed by atoms with Crippen LogP contribution in [-0.2, 0) is 22.4 Å². The van der Waals surface area contributed by atoms with Crippen molar-refractivity contribution in [3.8, 4) is 22.5 Å². The van der Waals surface area contributed by atoms with Gasteiger partial charge in [0.05, 0.1) is 12.9 Å². The first-order chi connectivity index (χ1) is 18.4. The van der Waals surface area contributed by atoms with Crippen LogP contribution in [0.4, 0.5) is 5.00 Å². The zero-order valence-corrected chi connectivity index (χ0v) is 24.3. The molecule has 7 nitrogen and oxygen atoms in total. The fourth-order valence-corrected chi connectivity index (χ4v) is 7.95. The number of rotatable bonds is 8. The first-order valence-corrected chi connectivity index (χ1v) is 15.3. The second-order valence-corrected chi connectivity index (χ2v) is 12.6. The molecular weight excluding hydrogens is 537 g/mol. The van der Waals surface area contributed by atoms with Crippen molar-refractivity contribution in [3.63, 3.8) is 0 Å². The van der Waals surface area contributed by atoms with E-state index >= 15 is 0 Å². The summed E-state index contributed by atoms with van der Waals surface area (Å²) < 4.78 is 7.20. The molecule has 1 aliphatic rings. The molecule has 0 saturated heterocycles. The highest BCUT2D eigenvalue weighted by Gasteiger charge is 2.26. The Balaban J connectivity index is 1.36. The molecule has 1 N–H and O–H groups in total. The Morgan fingerprint density at radius 2 is 1.92 bits per heavy atom. The molecule has 0 aliphatic heterocycles. The molecule has 3 heterocycles. The van der Waals surface area contributed by atoms with Crippen LogP contribution in [-0.4, -0.2) is 39.5 Å². The SMILES string of the molecule is COC(=O)c1c(NC(=O)CSc2nnc(-c3csc4c3CCCC4)n2C(C)C)sc(C)c1-c1ccccc1. The molecule has 38 heavy (non-hydrogen) atoms. The van der Waals surface area contributed by atoms with Crippen LogP contribution < -0.4 is 5.32 Å². The van der Waals surface area contributed by atoms with E-state index in [1.54, 1.807) is 0 Å². The second kappa shape index (κ2) is 11.4. The van der Waals surface area contributed by atoms with Gasteiger partial charge in [-0.1, -0.05) is 42.1 Å². The maximum atomic E-state index is 13.1. The maximum Gasteiger partial charge on any atom is 0.341 e. The molecule has 0 fully saturated rings. The van der Waals surface area contributed by atoms with E-state index in [1.807, 2.05) is 48.6 Å². The number of carbonyl (C=O) groups excluding carboxylic acids is 2. The molecule has 198 valence electrons. The van der Waals surface area contributed by atoms with E-state index in [1.165, 1.54) is 59.1 Å². The molecule has 0 atom stereocenters. The van der Waals surface area contributed by atoms with Crippen LogP contribution in [0.15, 0.2) is 40.9 Å². The van der Waals surface area contributed by atoms with Gasteiger partial charge in [0, 0.05) is 32.3 Å². The Kier molecular flexibility index (Phi) is 8.01. The number of methoxy groups -OCH3 is 1. The van der Waals surface area contributed by atoms with Gasteiger partial charge < -0.3 is 10.1 Å². The fraction of sp³-hybridized carbons (Fsp3) is 0.357. The number of hydrogen-bond acceptors (Lipinski definition) is 8. The van der Waals surface area contributed by atoms with Gasteiger partial charge in [-0.2, -0.15) is 0 Å². The van der Waals surface area contributed by atoms with Crippen LogP contribution in [0.5, 0.6) is 0 Å². The van der Waals surface area contributed by atoms with E-state index in [0.717, 1.165) is 34.7 Å². The number of aryl methyl sites for hydroxylation is 2. The summed E-state index contributed by atoms with van der Waals surface area (Å²) in [6, 6.07) is 9.82. The average molecular weight is 567 g/mol. The first-order valence-electron chi connectivity index (χ1n) is 12.6. The summed E-state index contributed by atoms with van der Waals surface area (Å²) in [6.07, 6.45) is 4.67. The largest absolute Gasteiger partial charge is 0.465 e. The summed E-state index contributed by atoms with van der Waals surface area (Å²) in [4.78, 5) is 28.2. The Hall–Kier alpha value is -2.95. The lowest BCUT2D eigenvalue weighted by Crippen LogP contribution is -2.16. The van der Waals surface area contributed by atoms with Gasteiger partial charge in [-0.15, -0.1) is 32.9 Å². The van der Waals surface area contributed by atoms with Crippen molar-refractivity contribution >= 4 is 51.3 Å². The quantitative estimate of drug-likeness (QED) is 0.182. The minimum atomic E-state index is -0.473. The van der Waals surface area contributed by atoms with E-state index in [2.05, 4.69) is 39.3 Å². The van der Waals surface area contributed by atoms with Crippen LogP contribution >= 0.6 is 34.4 Å². The van der Waals surface area contributed by atoms with Gasteiger partial charge in [0.1, 0.15) is 10.6 Å². The third-order valence-electron chi connectivity index (χ3n) is 6.60. The van der Waals surface area contributed by atoms with E-state index in [0.29, 0.717) is 15.7 Å². The van der Waals surface area contributed by atoms with Gasteiger partial charge in [0.15, 0.2) is 11.0 Å². The molecule has 4 aromatic rings. The summed E-state index contributed by atoms with van der Waals surface area (Å²) in [5.41, 5.74) is 4.66. The third kappa shape index (κ3) is 5.17. The minimum Gasteiger partial charge on any atom is -0.465 e. The zero-order valence-electron chi connectivity index (χ0n) is 21.9. The normalized spacial score (nSPS) is 13.0. The lowest BCUT2D eigenvalue weighted by atomic mass is 9.95. The molecule has 0 spiro atoms. The molecule has 1 amide bonds. The van der Waals surface area contributed by atoms with Crippen LogP contribution in [0.2, 0.25) is 0 Å². The molecule has 0 bridgehead atoms. The molecular formula is C28H30N4O3S3. The number of ether oxygens (including phenoxy) is 1. The van der Waals surface area contributed by atoms with E-state index in [4.69, 9.17) is 4.74 Å². The highest BCUT2D eigenvalue weighted by Crippen LogP contribution is 2.41. The number of thioether (sulfide) groups is 1. The number of nitrogens with zero attached hydrogens (tertiary/aromatic N) is 3. The zero-order chi connectivity index (χ0) is 26.8. The lowest BCUT2D eigenvalue weighted by Gasteiger charge is -2.16. The molecule has 1 aromatic carbocycles. The van der Waals surface area contributed by atoms with E-state index in [-0.39, 0.29) is 17.7 Å². The summed E-state index contributed by atoms with van der Waals surface area (Å²) in [6.45, 7) is 6.16. The summed E-state index contributed by atoms with van der Waals surface area (Å²) in [7, 11) is 1.35. The van der Waals surface area contributed by atoms with Gasteiger partial charge in [0.2, 0.25) is 5.91 Å². The van der Waals surface area contributed by atoms with Crippen molar-refractivity contribution in [2.24, 2.45) is 0 Å². The van der Waals surface area contributed by atoms with E-state index < -0.39 is 5.97 Å². The van der Waals surface area contributed by atoms with Crippen molar-refractivity contribution in [2.45, 2.75) is 57.7 Å². The fourth-order valence-electron chi connectivity index (χ4n) is 4.88. The van der Waals surface area contributed by atoms with Gasteiger partial charge in [0.25, 0.3) is 0 Å². The Morgan fingerprint density at radius 1 is 1.16 bits per heavy atom. The number of aromatic nitrogens is 3. The lowest BCUT2D eigenvalue weighted by molar-refractivity contribution is -0.113. The van der Waals surface area contributed by atoms with Gasteiger partial charge in [-0.25, -0.2) is 4.79 Å². The van der Waals surface area contributed by atoms with Crippen LogP contribution in [0.1, 0.15) is 58.4 Å². The second-order valence-electron chi connectivity index (χ2n) is 9.46. The van der Waals surface area contributed by atoms with Gasteiger partial charge >= 0.3 is 5.97 Å². The van der Waals surface area contributed by atoms with Crippen molar-refractivity contribution in [1.82, 2.24) is 14.8 Å². The van der Waals surface area contributed by atoms with Crippen LogP contribution in [0.25, 0.3) is 22.5 Å². The molecule has 0 unspecified atom stereocenters.